The summed E-state index contributed by atoms with van der Waals surface area (Å²) in [7, 11) is 1.38. The summed E-state index contributed by atoms with van der Waals surface area (Å²) in [6, 6.07) is 13.7. The highest BCUT2D eigenvalue weighted by Crippen LogP contribution is 2.38. The molecular weight excluding hydrogens is 452 g/mol. The predicted octanol–water partition coefficient (Wildman–Crippen LogP) is 4.85. The largest absolute Gasteiger partial charge is 0.489 e. The van der Waals surface area contributed by atoms with Crippen LogP contribution in [-0.2, 0) is 16.0 Å². The van der Waals surface area contributed by atoms with E-state index in [-0.39, 0.29) is 23.9 Å². The fraction of sp³-hybridized carbons (Fsp3) is 0.360. The quantitative estimate of drug-likeness (QED) is 0.341. The van der Waals surface area contributed by atoms with Crippen molar-refractivity contribution >= 4 is 17.9 Å². The molecule has 0 amide bonds. The van der Waals surface area contributed by atoms with Gasteiger partial charge in [-0.2, -0.15) is 10.2 Å². The number of aromatic nitrogens is 2. The number of benzene rings is 2. The van der Waals surface area contributed by atoms with Crippen molar-refractivity contribution in [2.45, 2.75) is 45.3 Å². The van der Waals surface area contributed by atoms with Crippen LogP contribution in [0.1, 0.15) is 49.4 Å². The maximum absolute atomic E-state index is 11.4. The van der Waals surface area contributed by atoms with E-state index >= 15 is 0 Å². The average molecular weight is 479 g/mol. The molecule has 1 N–H and O–H groups in total. The Balaban J connectivity index is 1.54. The molecule has 1 heterocycles. The first-order valence-corrected chi connectivity index (χ1v) is 12.1. The van der Waals surface area contributed by atoms with Crippen LogP contribution in [0, 0.1) is 11.3 Å². The molecule has 2 unspecified atom stereocenters. The van der Waals surface area contributed by atoms with Gasteiger partial charge in [-0.3, -0.25) is 9.52 Å². The lowest BCUT2D eigenvalue weighted by atomic mass is 10.0. The zero-order valence-corrected chi connectivity index (χ0v) is 20.1. The molecule has 0 saturated heterocycles. The van der Waals surface area contributed by atoms with Gasteiger partial charge in [0.1, 0.15) is 17.6 Å². The minimum atomic E-state index is -0.261. The summed E-state index contributed by atoms with van der Waals surface area (Å²) in [5.41, 5.74) is 4.35. The second-order valence-corrected chi connectivity index (χ2v) is 8.84. The van der Waals surface area contributed by atoms with Crippen LogP contribution >= 0.6 is 11.9 Å². The van der Waals surface area contributed by atoms with Gasteiger partial charge in [-0.15, -0.1) is 0 Å². The summed E-state index contributed by atoms with van der Waals surface area (Å²) in [6.45, 7) is 4.00. The average Bonchev–Trinajstić information content (AvgIpc) is 3.52. The number of hydrogen-bond donors (Lipinski definition) is 1. The Morgan fingerprint density at radius 2 is 2.24 bits per heavy atom. The van der Waals surface area contributed by atoms with Gasteiger partial charge >= 0.3 is 5.97 Å². The molecule has 0 saturated carbocycles. The lowest BCUT2D eigenvalue weighted by Gasteiger charge is -2.13. The molecule has 1 aliphatic rings. The van der Waals surface area contributed by atoms with E-state index in [1.54, 1.807) is 12.1 Å². The van der Waals surface area contributed by atoms with E-state index in [4.69, 9.17) is 14.0 Å². The number of esters is 1. The molecule has 2 aromatic carbocycles. The topological polar surface area (TPSA) is 110 Å². The van der Waals surface area contributed by atoms with Crippen LogP contribution in [0.3, 0.4) is 0 Å². The number of carbonyl (C=O) groups excluding carboxylic acids is 1. The summed E-state index contributed by atoms with van der Waals surface area (Å²) in [5, 5.41) is 13.8. The SMILES string of the molecule is CCC(C)Oc1ccc(-c2nc(-c3cccc4c3CCC4NSCC(=O)OC)no2)cc1C#N. The van der Waals surface area contributed by atoms with E-state index in [9.17, 15) is 10.1 Å². The Hall–Kier alpha value is -3.35. The third-order valence-electron chi connectivity index (χ3n) is 5.83. The lowest BCUT2D eigenvalue weighted by molar-refractivity contribution is -0.137. The first kappa shape index (κ1) is 23.8. The van der Waals surface area contributed by atoms with E-state index in [1.807, 2.05) is 32.0 Å². The molecule has 0 radical (unpaired) electrons. The van der Waals surface area contributed by atoms with Crippen molar-refractivity contribution in [1.29, 1.82) is 5.26 Å². The molecular formula is C25H26N4O4S. The summed E-state index contributed by atoms with van der Waals surface area (Å²) in [6.07, 6.45) is 2.65. The van der Waals surface area contributed by atoms with E-state index in [2.05, 4.69) is 27.0 Å². The van der Waals surface area contributed by atoms with Crippen LogP contribution < -0.4 is 9.46 Å². The number of fused-ring (bicyclic) bond motifs is 1. The van der Waals surface area contributed by atoms with Gasteiger partial charge in [0, 0.05) is 17.2 Å². The number of rotatable bonds is 9. The van der Waals surface area contributed by atoms with E-state index in [0.717, 1.165) is 24.8 Å². The molecule has 8 nitrogen and oxygen atoms in total. The van der Waals surface area contributed by atoms with Crippen molar-refractivity contribution in [2.24, 2.45) is 0 Å². The van der Waals surface area contributed by atoms with Gasteiger partial charge in [0.05, 0.1) is 18.8 Å². The summed E-state index contributed by atoms with van der Waals surface area (Å²) in [4.78, 5) is 16.0. The van der Waals surface area contributed by atoms with Crippen molar-refractivity contribution in [2.75, 3.05) is 12.9 Å². The predicted molar refractivity (Wildman–Crippen MR) is 129 cm³/mol. The van der Waals surface area contributed by atoms with Crippen LogP contribution in [0.5, 0.6) is 5.75 Å². The number of nitrogens with zero attached hydrogens (tertiary/aromatic N) is 3. The Morgan fingerprint density at radius 3 is 3.00 bits per heavy atom. The first-order chi connectivity index (χ1) is 16.5. The molecule has 1 aliphatic carbocycles. The van der Waals surface area contributed by atoms with Gasteiger partial charge in [-0.1, -0.05) is 42.2 Å². The zero-order valence-electron chi connectivity index (χ0n) is 19.3. The summed E-state index contributed by atoms with van der Waals surface area (Å²) < 4.78 is 19.4. The fourth-order valence-corrected chi connectivity index (χ4v) is 4.61. The highest BCUT2D eigenvalue weighted by molar-refractivity contribution is 7.98. The number of ether oxygens (including phenoxy) is 2. The van der Waals surface area contributed by atoms with E-state index in [1.165, 1.54) is 30.2 Å². The Bertz CT molecular complexity index is 1220. The van der Waals surface area contributed by atoms with Gasteiger partial charge in [0.25, 0.3) is 5.89 Å². The van der Waals surface area contributed by atoms with Crippen molar-refractivity contribution in [3.8, 4) is 34.7 Å². The highest BCUT2D eigenvalue weighted by atomic mass is 32.2. The molecule has 0 bridgehead atoms. The molecule has 3 aromatic rings. The fourth-order valence-electron chi connectivity index (χ4n) is 3.85. The minimum absolute atomic E-state index is 0.0188. The molecule has 4 rings (SSSR count). The standard InChI is InChI=1S/C25H26N4O4S/c1-4-15(2)32-22-11-8-16(12-17(22)13-26)25-27-24(28-33-25)20-7-5-6-19-18(20)9-10-21(19)29-34-14-23(30)31-3/h5-8,11-12,15,21,29H,4,9-10,14H2,1-3H3. The third kappa shape index (κ3) is 5.08. The second kappa shape index (κ2) is 10.7. The van der Waals surface area contributed by atoms with Gasteiger partial charge in [-0.25, -0.2) is 0 Å². The number of nitrogens with one attached hydrogen (secondary N) is 1. The number of nitriles is 1. The monoisotopic (exact) mass is 478 g/mol. The Morgan fingerprint density at radius 1 is 1.38 bits per heavy atom. The molecule has 0 spiro atoms. The smallest absolute Gasteiger partial charge is 0.316 e. The summed E-state index contributed by atoms with van der Waals surface area (Å²) >= 11 is 1.35. The summed E-state index contributed by atoms with van der Waals surface area (Å²) in [5.74, 6) is 1.39. The molecule has 0 aliphatic heterocycles. The molecule has 176 valence electrons. The normalized spacial score (nSPS) is 15.4. The van der Waals surface area contributed by atoms with Crippen LogP contribution in [-0.4, -0.2) is 35.1 Å². The van der Waals surface area contributed by atoms with E-state index < -0.39 is 0 Å². The Kier molecular flexibility index (Phi) is 7.50. The van der Waals surface area contributed by atoms with Crippen LogP contribution in [0.15, 0.2) is 40.9 Å². The van der Waals surface area contributed by atoms with Crippen molar-refractivity contribution < 1.29 is 18.8 Å². The van der Waals surface area contributed by atoms with Gasteiger partial charge in [0.15, 0.2) is 0 Å². The third-order valence-corrected chi connectivity index (χ3v) is 6.66. The lowest BCUT2D eigenvalue weighted by Crippen LogP contribution is -2.15. The second-order valence-electron chi connectivity index (χ2n) is 8.03. The van der Waals surface area contributed by atoms with Crippen molar-refractivity contribution in [3.63, 3.8) is 0 Å². The van der Waals surface area contributed by atoms with Crippen LogP contribution in [0.4, 0.5) is 0 Å². The Labute approximate surface area is 202 Å². The van der Waals surface area contributed by atoms with Crippen LogP contribution in [0.25, 0.3) is 22.8 Å². The van der Waals surface area contributed by atoms with Gasteiger partial charge in [-0.05, 0) is 55.5 Å². The minimum Gasteiger partial charge on any atom is -0.489 e. The molecule has 1 aromatic heterocycles. The van der Waals surface area contributed by atoms with Crippen molar-refractivity contribution in [1.82, 2.24) is 14.9 Å². The number of carbonyl (C=O) groups is 1. The number of hydrogen-bond acceptors (Lipinski definition) is 9. The van der Waals surface area contributed by atoms with Crippen molar-refractivity contribution in [3.05, 3.63) is 53.1 Å². The molecule has 34 heavy (non-hydrogen) atoms. The maximum atomic E-state index is 11.4. The van der Waals surface area contributed by atoms with Gasteiger partial charge < -0.3 is 14.0 Å². The highest BCUT2D eigenvalue weighted by Gasteiger charge is 2.27. The van der Waals surface area contributed by atoms with E-state index in [0.29, 0.717) is 28.6 Å². The molecule has 0 fully saturated rings. The van der Waals surface area contributed by atoms with Gasteiger partial charge in [0.2, 0.25) is 5.82 Å². The maximum Gasteiger partial charge on any atom is 0.316 e. The first-order valence-electron chi connectivity index (χ1n) is 11.1. The number of methoxy groups -OCH3 is 1. The molecule has 2 atom stereocenters. The zero-order chi connectivity index (χ0) is 24.1. The molecule has 9 heteroatoms. The van der Waals surface area contributed by atoms with Crippen LogP contribution in [0.2, 0.25) is 0 Å².